The van der Waals surface area contributed by atoms with Crippen molar-refractivity contribution < 1.29 is 4.79 Å². The lowest BCUT2D eigenvalue weighted by Crippen LogP contribution is -2.31. The van der Waals surface area contributed by atoms with E-state index in [1.54, 1.807) is 18.2 Å². The molecule has 5 heteroatoms. The Morgan fingerprint density at radius 3 is 2.79 bits per heavy atom. The topological polar surface area (TPSA) is 58.4 Å². The Hall–Kier alpha value is -1.26. The van der Waals surface area contributed by atoms with E-state index < -0.39 is 0 Å². The number of nitrogens with one attached hydrogen (secondary N) is 1. The summed E-state index contributed by atoms with van der Waals surface area (Å²) < 4.78 is 0. The normalized spacial score (nSPS) is 12.5. The predicted molar refractivity (Wildman–Crippen MR) is 81.5 cm³/mol. The second-order valence-corrected chi connectivity index (χ2v) is 5.18. The van der Waals surface area contributed by atoms with Gasteiger partial charge in [-0.3, -0.25) is 4.79 Å². The van der Waals surface area contributed by atoms with Gasteiger partial charge in [0.05, 0.1) is 10.7 Å². The van der Waals surface area contributed by atoms with Gasteiger partial charge in [-0.05, 0) is 38.6 Å². The van der Waals surface area contributed by atoms with Gasteiger partial charge in [0.1, 0.15) is 0 Å². The zero-order valence-corrected chi connectivity index (χ0v) is 12.5. The van der Waals surface area contributed by atoms with Gasteiger partial charge in [-0.15, -0.1) is 0 Å². The van der Waals surface area contributed by atoms with Crippen LogP contribution < -0.4 is 11.1 Å². The zero-order chi connectivity index (χ0) is 14.4. The van der Waals surface area contributed by atoms with Crippen molar-refractivity contribution in [2.45, 2.75) is 32.7 Å². The number of benzene rings is 1. The molecule has 0 radical (unpaired) electrons. The number of nitrogens with two attached hydrogens (primary N) is 1. The summed E-state index contributed by atoms with van der Waals surface area (Å²) in [7, 11) is 2.03. The lowest BCUT2D eigenvalue weighted by molar-refractivity contribution is -0.116. The largest absolute Gasteiger partial charge is 0.399 e. The Labute approximate surface area is 119 Å². The van der Waals surface area contributed by atoms with E-state index in [0.717, 1.165) is 13.0 Å². The Kier molecular flexibility index (Phi) is 6.12. The van der Waals surface area contributed by atoms with Gasteiger partial charge in [-0.25, -0.2) is 0 Å². The second-order valence-electron chi connectivity index (χ2n) is 4.78. The van der Waals surface area contributed by atoms with Gasteiger partial charge >= 0.3 is 0 Å². The molecule has 0 bridgehead atoms. The van der Waals surface area contributed by atoms with Crippen LogP contribution in [0.15, 0.2) is 18.2 Å². The minimum atomic E-state index is -0.0400. The quantitative estimate of drug-likeness (QED) is 0.789. The molecule has 1 rings (SSSR count). The number of amides is 1. The highest BCUT2D eigenvalue weighted by Crippen LogP contribution is 2.24. The van der Waals surface area contributed by atoms with E-state index in [2.05, 4.69) is 24.1 Å². The lowest BCUT2D eigenvalue weighted by Gasteiger charge is -2.23. The molecule has 1 amide bonds. The molecule has 4 nitrogen and oxygen atoms in total. The average molecular weight is 284 g/mol. The summed E-state index contributed by atoms with van der Waals surface area (Å²) in [4.78, 5) is 14.0. The van der Waals surface area contributed by atoms with Crippen LogP contribution in [0, 0.1) is 0 Å². The van der Waals surface area contributed by atoms with E-state index in [1.807, 2.05) is 7.05 Å². The Morgan fingerprint density at radius 1 is 1.53 bits per heavy atom. The molecule has 3 N–H and O–H groups in total. The molecule has 0 aromatic heterocycles. The summed E-state index contributed by atoms with van der Waals surface area (Å²) in [5.74, 6) is -0.0400. The number of nitrogen functional groups attached to an aromatic ring is 1. The molecule has 0 aliphatic carbocycles. The van der Waals surface area contributed by atoms with Crippen LogP contribution in [0.25, 0.3) is 0 Å². The van der Waals surface area contributed by atoms with Crippen molar-refractivity contribution in [2.24, 2.45) is 0 Å². The number of hydrogen-bond acceptors (Lipinski definition) is 3. The van der Waals surface area contributed by atoms with E-state index in [-0.39, 0.29) is 5.91 Å². The minimum Gasteiger partial charge on any atom is -0.399 e. The van der Waals surface area contributed by atoms with Crippen LogP contribution >= 0.6 is 11.6 Å². The smallest absolute Gasteiger partial charge is 0.225 e. The number of halogens is 1. The number of nitrogens with zero attached hydrogens (tertiary/aromatic N) is 1. The Bertz CT molecular complexity index is 437. The van der Waals surface area contributed by atoms with Crippen molar-refractivity contribution in [3.8, 4) is 0 Å². The van der Waals surface area contributed by atoms with Gasteiger partial charge in [0, 0.05) is 24.7 Å². The van der Waals surface area contributed by atoms with Crippen molar-refractivity contribution >= 4 is 28.9 Å². The van der Waals surface area contributed by atoms with Crippen molar-refractivity contribution in [1.82, 2.24) is 4.90 Å². The first-order chi connectivity index (χ1) is 8.93. The van der Waals surface area contributed by atoms with Gasteiger partial charge in [0.15, 0.2) is 0 Å². The number of carbonyl (C=O) groups is 1. The van der Waals surface area contributed by atoms with Crippen LogP contribution in [-0.4, -0.2) is 30.4 Å². The van der Waals surface area contributed by atoms with E-state index in [9.17, 15) is 4.79 Å². The highest BCUT2D eigenvalue weighted by Gasteiger charge is 2.10. The van der Waals surface area contributed by atoms with E-state index in [1.165, 1.54) is 0 Å². The second kappa shape index (κ2) is 7.36. The number of rotatable bonds is 6. The Morgan fingerprint density at radius 2 is 2.21 bits per heavy atom. The first-order valence-electron chi connectivity index (χ1n) is 6.49. The summed E-state index contributed by atoms with van der Waals surface area (Å²) in [5, 5.41) is 3.26. The molecular weight excluding hydrogens is 262 g/mol. The molecular formula is C14H22ClN3O. The van der Waals surface area contributed by atoms with Crippen LogP contribution in [0.5, 0.6) is 0 Å². The molecule has 106 valence electrons. The molecule has 19 heavy (non-hydrogen) atoms. The maximum absolute atomic E-state index is 11.8. The molecule has 0 spiro atoms. The Balaban J connectivity index is 2.47. The highest BCUT2D eigenvalue weighted by molar-refractivity contribution is 6.34. The van der Waals surface area contributed by atoms with Crippen molar-refractivity contribution in [3.63, 3.8) is 0 Å². The predicted octanol–water partition coefficient (Wildman–Crippen LogP) is 2.98. The monoisotopic (exact) mass is 283 g/mol. The summed E-state index contributed by atoms with van der Waals surface area (Å²) in [5.41, 5.74) is 6.79. The third-order valence-corrected chi connectivity index (χ3v) is 3.61. The third-order valence-electron chi connectivity index (χ3n) is 3.30. The number of hydrogen-bond donors (Lipinski definition) is 2. The van der Waals surface area contributed by atoms with Crippen LogP contribution in [0.3, 0.4) is 0 Å². The first-order valence-corrected chi connectivity index (χ1v) is 6.87. The molecule has 1 unspecified atom stereocenters. The molecule has 1 atom stereocenters. The van der Waals surface area contributed by atoms with E-state index in [0.29, 0.717) is 28.9 Å². The van der Waals surface area contributed by atoms with Gasteiger partial charge in [0.25, 0.3) is 0 Å². The average Bonchev–Trinajstić information content (AvgIpc) is 2.38. The SMILES string of the molecule is CCC(C)N(C)CCC(=O)Nc1ccc(N)cc1Cl. The molecule has 1 aromatic rings. The summed E-state index contributed by atoms with van der Waals surface area (Å²) >= 11 is 6.00. The summed E-state index contributed by atoms with van der Waals surface area (Å²) in [6.07, 6.45) is 1.52. The van der Waals surface area contributed by atoms with Crippen molar-refractivity contribution in [2.75, 3.05) is 24.6 Å². The summed E-state index contributed by atoms with van der Waals surface area (Å²) in [6, 6.07) is 5.54. The van der Waals surface area contributed by atoms with Crippen LogP contribution in [0.4, 0.5) is 11.4 Å². The molecule has 0 aliphatic heterocycles. The van der Waals surface area contributed by atoms with Gasteiger partial charge in [0.2, 0.25) is 5.91 Å². The van der Waals surface area contributed by atoms with Crippen molar-refractivity contribution in [3.05, 3.63) is 23.2 Å². The summed E-state index contributed by atoms with van der Waals surface area (Å²) in [6.45, 7) is 5.01. The number of carbonyl (C=O) groups excluding carboxylic acids is 1. The van der Waals surface area contributed by atoms with Gasteiger partial charge in [-0.1, -0.05) is 18.5 Å². The maximum Gasteiger partial charge on any atom is 0.225 e. The maximum atomic E-state index is 11.8. The number of anilines is 2. The van der Waals surface area contributed by atoms with E-state index in [4.69, 9.17) is 17.3 Å². The fraction of sp³-hybridized carbons (Fsp3) is 0.500. The molecule has 1 aromatic carbocycles. The molecule has 0 heterocycles. The lowest BCUT2D eigenvalue weighted by atomic mass is 10.2. The zero-order valence-electron chi connectivity index (χ0n) is 11.7. The highest BCUT2D eigenvalue weighted by atomic mass is 35.5. The van der Waals surface area contributed by atoms with E-state index >= 15 is 0 Å². The van der Waals surface area contributed by atoms with Gasteiger partial charge in [-0.2, -0.15) is 0 Å². The van der Waals surface area contributed by atoms with Crippen molar-refractivity contribution in [1.29, 1.82) is 0 Å². The molecule has 0 aliphatic rings. The van der Waals surface area contributed by atoms with Crippen LogP contribution in [0.1, 0.15) is 26.7 Å². The van der Waals surface area contributed by atoms with Crippen LogP contribution in [0.2, 0.25) is 5.02 Å². The van der Waals surface area contributed by atoms with Crippen LogP contribution in [-0.2, 0) is 4.79 Å². The third kappa shape index (κ3) is 5.09. The van der Waals surface area contributed by atoms with Gasteiger partial charge < -0.3 is 16.0 Å². The molecule has 0 fully saturated rings. The molecule has 0 saturated heterocycles. The molecule has 0 saturated carbocycles. The minimum absolute atomic E-state index is 0.0400. The first kappa shape index (κ1) is 15.8. The standard InChI is InChI=1S/C14H22ClN3O/c1-4-10(2)18(3)8-7-14(19)17-13-6-5-11(16)9-12(13)15/h5-6,9-10H,4,7-8,16H2,1-3H3,(H,17,19). The fourth-order valence-corrected chi connectivity index (χ4v) is 1.89. The fourth-order valence-electron chi connectivity index (χ4n) is 1.66.